The standard InChI is InChI=1S/C13H19NOS/c1-9-11(5-7-15-9)14-12-3-2-4-13-10(12)6-8-16-13/h6,8-9,11-12,14H,2-5,7H2,1H3. The van der Waals surface area contributed by atoms with E-state index in [9.17, 15) is 0 Å². The Labute approximate surface area is 101 Å². The summed E-state index contributed by atoms with van der Waals surface area (Å²) >= 11 is 1.92. The van der Waals surface area contributed by atoms with E-state index in [1.807, 2.05) is 11.3 Å². The van der Waals surface area contributed by atoms with Gasteiger partial charge in [0.15, 0.2) is 0 Å². The lowest BCUT2D eigenvalue weighted by atomic mass is 9.93. The third-order valence-corrected chi connectivity index (χ3v) is 4.84. The molecule has 1 saturated heterocycles. The molecular weight excluding hydrogens is 218 g/mol. The van der Waals surface area contributed by atoms with Gasteiger partial charge in [-0.1, -0.05) is 0 Å². The predicted molar refractivity (Wildman–Crippen MR) is 67.0 cm³/mol. The van der Waals surface area contributed by atoms with E-state index >= 15 is 0 Å². The van der Waals surface area contributed by atoms with Gasteiger partial charge in [0, 0.05) is 23.6 Å². The van der Waals surface area contributed by atoms with Gasteiger partial charge in [-0.05, 0) is 49.6 Å². The van der Waals surface area contributed by atoms with Gasteiger partial charge in [0.1, 0.15) is 0 Å². The van der Waals surface area contributed by atoms with Gasteiger partial charge in [-0.25, -0.2) is 0 Å². The number of thiophene rings is 1. The molecule has 0 radical (unpaired) electrons. The van der Waals surface area contributed by atoms with Crippen LogP contribution in [-0.2, 0) is 11.2 Å². The topological polar surface area (TPSA) is 21.3 Å². The van der Waals surface area contributed by atoms with Crippen LogP contribution in [0, 0.1) is 0 Å². The summed E-state index contributed by atoms with van der Waals surface area (Å²) in [5.41, 5.74) is 1.55. The van der Waals surface area contributed by atoms with E-state index in [2.05, 4.69) is 23.7 Å². The second kappa shape index (κ2) is 4.47. The molecule has 0 spiro atoms. The van der Waals surface area contributed by atoms with Crippen LogP contribution in [0.3, 0.4) is 0 Å². The van der Waals surface area contributed by atoms with Crippen LogP contribution in [0.5, 0.6) is 0 Å². The van der Waals surface area contributed by atoms with Crippen LogP contribution in [0.25, 0.3) is 0 Å². The minimum absolute atomic E-state index is 0.379. The molecule has 1 aromatic rings. The molecule has 1 fully saturated rings. The third-order valence-electron chi connectivity index (χ3n) is 3.84. The van der Waals surface area contributed by atoms with Crippen molar-refractivity contribution in [1.29, 1.82) is 0 Å². The Bertz CT molecular complexity index is 363. The van der Waals surface area contributed by atoms with Crippen LogP contribution in [0.4, 0.5) is 0 Å². The largest absolute Gasteiger partial charge is 0.377 e. The van der Waals surface area contributed by atoms with Crippen molar-refractivity contribution < 1.29 is 4.74 Å². The zero-order valence-electron chi connectivity index (χ0n) is 9.74. The molecule has 0 amide bonds. The van der Waals surface area contributed by atoms with Crippen molar-refractivity contribution in [3.63, 3.8) is 0 Å². The predicted octanol–water partition coefficient (Wildman–Crippen LogP) is 2.89. The van der Waals surface area contributed by atoms with Crippen LogP contribution in [0.2, 0.25) is 0 Å². The lowest BCUT2D eigenvalue weighted by Crippen LogP contribution is -2.38. The minimum atomic E-state index is 0.379. The van der Waals surface area contributed by atoms with Crippen LogP contribution >= 0.6 is 11.3 Å². The van der Waals surface area contributed by atoms with Crippen molar-refractivity contribution in [2.24, 2.45) is 0 Å². The van der Waals surface area contributed by atoms with Crippen LogP contribution < -0.4 is 5.32 Å². The fourth-order valence-electron chi connectivity index (χ4n) is 2.87. The van der Waals surface area contributed by atoms with Crippen molar-refractivity contribution in [2.45, 2.75) is 50.8 Å². The van der Waals surface area contributed by atoms with Gasteiger partial charge in [-0.3, -0.25) is 0 Å². The zero-order valence-corrected chi connectivity index (χ0v) is 10.6. The minimum Gasteiger partial charge on any atom is -0.377 e. The summed E-state index contributed by atoms with van der Waals surface area (Å²) in [6, 6.07) is 3.43. The molecule has 3 unspecified atom stereocenters. The van der Waals surface area contributed by atoms with Crippen LogP contribution in [-0.4, -0.2) is 18.8 Å². The van der Waals surface area contributed by atoms with E-state index in [1.165, 1.54) is 19.3 Å². The molecule has 3 rings (SSSR count). The van der Waals surface area contributed by atoms with Crippen molar-refractivity contribution in [2.75, 3.05) is 6.61 Å². The van der Waals surface area contributed by atoms with E-state index in [-0.39, 0.29) is 0 Å². The lowest BCUT2D eigenvalue weighted by Gasteiger charge is -2.28. The maximum atomic E-state index is 5.62. The Morgan fingerprint density at radius 1 is 1.44 bits per heavy atom. The van der Waals surface area contributed by atoms with Gasteiger partial charge in [-0.2, -0.15) is 0 Å². The molecule has 3 atom stereocenters. The summed E-state index contributed by atoms with van der Waals surface area (Å²) in [6.45, 7) is 3.10. The van der Waals surface area contributed by atoms with Crippen molar-refractivity contribution >= 4 is 11.3 Å². The number of ether oxygens (including phenoxy) is 1. The molecule has 0 bridgehead atoms. The van der Waals surface area contributed by atoms with Crippen molar-refractivity contribution in [3.05, 3.63) is 21.9 Å². The SMILES string of the molecule is CC1OCCC1NC1CCCc2sccc21. The number of aryl methyl sites for hydroxylation is 1. The van der Waals surface area contributed by atoms with Crippen LogP contribution in [0.1, 0.15) is 42.7 Å². The maximum Gasteiger partial charge on any atom is 0.0700 e. The Balaban J connectivity index is 1.72. The number of nitrogens with one attached hydrogen (secondary N) is 1. The average Bonchev–Trinajstić information content (AvgIpc) is 2.89. The first-order valence-electron chi connectivity index (χ1n) is 6.28. The molecule has 0 aromatic carbocycles. The van der Waals surface area contributed by atoms with Crippen LogP contribution in [0.15, 0.2) is 11.4 Å². The first-order valence-corrected chi connectivity index (χ1v) is 7.16. The molecule has 1 aliphatic heterocycles. The smallest absolute Gasteiger partial charge is 0.0700 e. The van der Waals surface area contributed by atoms with E-state index < -0.39 is 0 Å². The second-order valence-corrected chi connectivity index (χ2v) is 5.88. The fourth-order valence-corrected chi connectivity index (χ4v) is 3.86. The molecular formula is C13H19NOS. The van der Waals surface area contributed by atoms with Gasteiger partial charge in [0.25, 0.3) is 0 Å². The van der Waals surface area contributed by atoms with E-state index in [0.717, 1.165) is 13.0 Å². The normalized spacial score (nSPS) is 33.9. The first-order chi connectivity index (χ1) is 7.84. The van der Waals surface area contributed by atoms with Gasteiger partial charge >= 0.3 is 0 Å². The Morgan fingerprint density at radius 2 is 2.38 bits per heavy atom. The highest BCUT2D eigenvalue weighted by molar-refractivity contribution is 7.10. The monoisotopic (exact) mass is 237 g/mol. The summed E-state index contributed by atoms with van der Waals surface area (Å²) in [4.78, 5) is 1.59. The van der Waals surface area contributed by atoms with E-state index in [4.69, 9.17) is 4.74 Å². The molecule has 16 heavy (non-hydrogen) atoms. The maximum absolute atomic E-state index is 5.62. The number of fused-ring (bicyclic) bond motifs is 1. The van der Waals surface area contributed by atoms with Crippen molar-refractivity contribution in [3.8, 4) is 0 Å². The molecule has 2 nitrogen and oxygen atoms in total. The fraction of sp³-hybridized carbons (Fsp3) is 0.692. The molecule has 3 heteroatoms. The Morgan fingerprint density at radius 3 is 3.19 bits per heavy atom. The van der Waals surface area contributed by atoms with Gasteiger partial charge in [-0.15, -0.1) is 11.3 Å². The quantitative estimate of drug-likeness (QED) is 0.854. The Kier molecular flexibility index (Phi) is 3.01. The van der Waals surface area contributed by atoms with E-state index in [0.29, 0.717) is 18.2 Å². The summed E-state index contributed by atoms with van der Waals surface area (Å²) in [5.74, 6) is 0. The summed E-state index contributed by atoms with van der Waals surface area (Å²) in [7, 11) is 0. The summed E-state index contributed by atoms with van der Waals surface area (Å²) in [5, 5.41) is 6.03. The van der Waals surface area contributed by atoms with E-state index in [1.54, 1.807) is 10.4 Å². The molecule has 1 aromatic heterocycles. The number of rotatable bonds is 2. The highest BCUT2D eigenvalue weighted by atomic mass is 32.1. The first kappa shape index (κ1) is 10.8. The summed E-state index contributed by atoms with van der Waals surface area (Å²) in [6.07, 6.45) is 5.43. The molecule has 2 aliphatic rings. The highest BCUT2D eigenvalue weighted by Crippen LogP contribution is 2.34. The number of hydrogen-bond acceptors (Lipinski definition) is 3. The lowest BCUT2D eigenvalue weighted by molar-refractivity contribution is 0.110. The zero-order chi connectivity index (χ0) is 11.0. The molecule has 1 N–H and O–H groups in total. The Hall–Kier alpha value is -0.380. The third kappa shape index (κ3) is 1.92. The molecule has 1 aliphatic carbocycles. The van der Waals surface area contributed by atoms with Gasteiger partial charge in [0.2, 0.25) is 0 Å². The molecule has 2 heterocycles. The average molecular weight is 237 g/mol. The molecule has 88 valence electrons. The second-order valence-electron chi connectivity index (χ2n) is 4.88. The number of hydrogen-bond donors (Lipinski definition) is 1. The van der Waals surface area contributed by atoms with Gasteiger partial charge < -0.3 is 10.1 Å². The summed E-state index contributed by atoms with van der Waals surface area (Å²) < 4.78 is 5.62. The van der Waals surface area contributed by atoms with Gasteiger partial charge in [0.05, 0.1) is 6.10 Å². The molecule has 0 saturated carbocycles. The van der Waals surface area contributed by atoms with Crippen molar-refractivity contribution in [1.82, 2.24) is 5.32 Å². The highest BCUT2D eigenvalue weighted by Gasteiger charge is 2.29.